The summed E-state index contributed by atoms with van der Waals surface area (Å²) in [6, 6.07) is 12.2. The molecule has 1 heterocycles. The third kappa shape index (κ3) is 3.80. The van der Waals surface area contributed by atoms with Gasteiger partial charge in [0.25, 0.3) is 6.43 Å². The monoisotopic (exact) mass is 390 g/mol. The lowest BCUT2D eigenvalue weighted by atomic mass is 9.97. The van der Waals surface area contributed by atoms with Crippen LogP contribution in [-0.2, 0) is 9.84 Å². The number of hydrogen-bond acceptors (Lipinski definition) is 4. The maximum atomic E-state index is 13.5. The molecular weight excluding hydrogens is 374 g/mol. The van der Waals surface area contributed by atoms with Crippen molar-refractivity contribution in [1.29, 1.82) is 0 Å². The first kappa shape index (κ1) is 18.9. The molecule has 0 amide bonds. The first-order valence-electron chi connectivity index (χ1n) is 7.96. The Balaban J connectivity index is 2.13. The van der Waals surface area contributed by atoms with E-state index in [1.807, 2.05) is 0 Å². The number of Topliss-reactive ketones (excluding diaryl/α,β-unsaturated/α-hetero) is 1. The maximum absolute atomic E-state index is 13.5. The standard InChI is InChI=1S/C19H16F2N2O3S/c1-11(24)12-3-5-13(6-4-12)16-17(22-23-18(16)19(20)21)14-7-9-15(10-8-14)27(2,25)26/h3-10,19H,1-2H3,(H,22,23). The van der Waals surface area contributed by atoms with Crippen LogP contribution >= 0.6 is 0 Å². The number of nitrogens with zero attached hydrogens (tertiary/aromatic N) is 1. The average Bonchev–Trinajstić information content (AvgIpc) is 3.06. The summed E-state index contributed by atoms with van der Waals surface area (Å²) in [5, 5.41) is 6.38. The van der Waals surface area contributed by atoms with E-state index in [0.717, 1.165) is 6.26 Å². The van der Waals surface area contributed by atoms with E-state index in [2.05, 4.69) is 10.2 Å². The Morgan fingerprint density at radius 1 is 1.00 bits per heavy atom. The fourth-order valence-corrected chi connectivity index (χ4v) is 3.38. The number of nitrogens with one attached hydrogen (secondary N) is 1. The number of sulfone groups is 1. The van der Waals surface area contributed by atoms with Crippen LogP contribution in [-0.4, -0.2) is 30.7 Å². The minimum atomic E-state index is -3.37. The number of aromatic nitrogens is 2. The molecule has 0 saturated carbocycles. The second kappa shape index (κ2) is 7.03. The van der Waals surface area contributed by atoms with E-state index in [0.29, 0.717) is 16.7 Å². The Kier molecular flexibility index (Phi) is 4.93. The Morgan fingerprint density at radius 3 is 2.04 bits per heavy atom. The molecular formula is C19H16F2N2O3S. The Hall–Kier alpha value is -2.87. The van der Waals surface area contributed by atoms with Crippen molar-refractivity contribution < 1.29 is 22.0 Å². The van der Waals surface area contributed by atoms with Crippen LogP contribution in [0.25, 0.3) is 22.4 Å². The fraction of sp³-hybridized carbons (Fsp3) is 0.158. The van der Waals surface area contributed by atoms with Gasteiger partial charge in [0.05, 0.1) is 4.90 Å². The lowest BCUT2D eigenvalue weighted by Crippen LogP contribution is -1.96. The topological polar surface area (TPSA) is 79.9 Å². The molecule has 0 fully saturated rings. The van der Waals surface area contributed by atoms with Crippen LogP contribution in [0.4, 0.5) is 8.78 Å². The normalized spacial score (nSPS) is 11.7. The molecule has 1 N–H and O–H groups in total. The van der Waals surface area contributed by atoms with E-state index in [1.165, 1.54) is 31.2 Å². The maximum Gasteiger partial charge on any atom is 0.280 e. The summed E-state index contributed by atoms with van der Waals surface area (Å²) < 4.78 is 50.1. The molecule has 3 aromatic rings. The van der Waals surface area contributed by atoms with Gasteiger partial charge in [-0.2, -0.15) is 5.10 Å². The molecule has 0 aliphatic rings. The van der Waals surface area contributed by atoms with E-state index in [9.17, 15) is 22.0 Å². The Labute approximate surface area is 155 Å². The van der Waals surface area contributed by atoms with Gasteiger partial charge in [-0.1, -0.05) is 36.4 Å². The van der Waals surface area contributed by atoms with Crippen LogP contribution in [0.5, 0.6) is 0 Å². The van der Waals surface area contributed by atoms with E-state index in [1.54, 1.807) is 24.3 Å². The molecule has 27 heavy (non-hydrogen) atoms. The summed E-state index contributed by atoms with van der Waals surface area (Å²) in [5.74, 6) is -0.126. The second-order valence-corrected chi connectivity index (χ2v) is 8.11. The first-order chi connectivity index (χ1) is 12.7. The van der Waals surface area contributed by atoms with Crippen molar-refractivity contribution in [3.05, 3.63) is 59.8 Å². The third-order valence-corrected chi connectivity index (χ3v) is 5.28. The van der Waals surface area contributed by atoms with Crippen LogP contribution in [0.2, 0.25) is 0 Å². The number of carbonyl (C=O) groups is 1. The molecule has 1 aromatic heterocycles. The predicted octanol–water partition coefficient (Wildman–Crippen LogP) is 4.29. The van der Waals surface area contributed by atoms with Crippen molar-refractivity contribution in [1.82, 2.24) is 10.2 Å². The van der Waals surface area contributed by atoms with Gasteiger partial charge in [0.15, 0.2) is 15.6 Å². The van der Waals surface area contributed by atoms with E-state index < -0.39 is 16.3 Å². The number of halogens is 2. The van der Waals surface area contributed by atoms with Crippen LogP contribution in [0.1, 0.15) is 29.4 Å². The van der Waals surface area contributed by atoms with E-state index >= 15 is 0 Å². The van der Waals surface area contributed by atoms with Crippen molar-refractivity contribution in [2.24, 2.45) is 0 Å². The number of rotatable bonds is 5. The minimum Gasteiger partial charge on any atom is -0.295 e. The molecule has 2 aromatic carbocycles. The van der Waals surface area contributed by atoms with Crippen molar-refractivity contribution in [3.63, 3.8) is 0 Å². The highest BCUT2D eigenvalue weighted by molar-refractivity contribution is 7.90. The number of alkyl halides is 2. The van der Waals surface area contributed by atoms with Crippen LogP contribution < -0.4 is 0 Å². The lowest BCUT2D eigenvalue weighted by molar-refractivity contribution is 0.101. The van der Waals surface area contributed by atoms with Gasteiger partial charge in [0, 0.05) is 22.9 Å². The fourth-order valence-electron chi connectivity index (χ4n) is 2.75. The summed E-state index contributed by atoms with van der Waals surface area (Å²) in [6.45, 7) is 1.42. The van der Waals surface area contributed by atoms with Crippen molar-refractivity contribution in [2.75, 3.05) is 6.26 Å². The van der Waals surface area contributed by atoms with Crippen molar-refractivity contribution in [3.8, 4) is 22.4 Å². The number of aromatic amines is 1. The van der Waals surface area contributed by atoms with Gasteiger partial charge in [0.2, 0.25) is 0 Å². The molecule has 3 rings (SSSR count). The van der Waals surface area contributed by atoms with Gasteiger partial charge in [-0.05, 0) is 24.6 Å². The number of hydrogen-bond donors (Lipinski definition) is 1. The highest BCUT2D eigenvalue weighted by atomic mass is 32.2. The lowest BCUT2D eigenvalue weighted by Gasteiger charge is -2.08. The molecule has 0 bridgehead atoms. The minimum absolute atomic E-state index is 0.126. The molecule has 0 aliphatic carbocycles. The summed E-state index contributed by atoms with van der Waals surface area (Å²) in [5.41, 5.74) is 1.60. The van der Waals surface area contributed by atoms with Crippen LogP contribution in [0.15, 0.2) is 53.4 Å². The molecule has 8 heteroatoms. The number of ketones is 1. The smallest absolute Gasteiger partial charge is 0.280 e. The molecule has 0 unspecified atom stereocenters. The molecule has 0 aliphatic heterocycles. The van der Waals surface area contributed by atoms with Crippen LogP contribution in [0.3, 0.4) is 0 Å². The van der Waals surface area contributed by atoms with Crippen molar-refractivity contribution in [2.45, 2.75) is 18.2 Å². The summed E-state index contributed by atoms with van der Waals surface area (Å²) in [7, 11) is -3.37. The molecule has 0 saturated heterocycles. The van der Waals surface area contributed by atoms with Gasteiger partial charge in [-0.3, -0.25) is 9.89 Å². The largest absolute Gasteiger partial charge is 0.295 e. The second-order valence-electron chi connectivity index (χ2n) is 6.09. The Bertz CT molecular complexity index is 1090. The summed E-state index contributed by atoms with van der Waals surface area (Å²) >= 11 is 0. The van der Waals surface area contributed by atoms with E-state index in [4.69, 9.17) is 0 Å². The van der Waals surface area contributed by atoms with Gasteiger partial charge in [-0.25, -0.2) is 17.2 Å². The molecule has 140 valence electrons. The zero-order chi connectivity index (χ0) is 19.8. The van der Waals surface area contributed by atoms with Gasteiger partial charge in [-0.15, -0.1) is 0 Å². The van der Waals surface area contributed by atoms with Crippen LogP contribution in [0, 0.1) is 0 Å². The SMILES string of the molecule is CC(=O)c1ccc(-c2c(-c3ccc(S(C)(=O)=O)cc3)n[nH]c2C(F)F)cc1. The van der Waals surface area contributed by atoms with E-state index in [-0.39, 0.29) is 27.6 Å². The summed E-state index contributed by atoms with van der Waals surface area (Å²) in [4.78, 5) is 11.6. The Morgan fingerprint density at radius 2 is 1.56 bits per heavy atom. The van der Waals surface area contributed by atoms with Gasteiger partial charge < -0.3 is 0 Å². The molecule has 5 nitrogen and oxygen atoms in total. The predicted molar refractivity (Wildman–Crippen MR) is 97.5 cm³/mol. The number of carbonyl (C=O) groups excluding carboxylic acids is 1. The number of benzene rings is 2. The zero-order valence-electron chi connectivity index (χ0n) is 14.5. The van der Waals surface area contributed by atoms with Gasteiger partial charge >= 0.3 is 0 Å². The quantitative estimate of drug-likeness (QED) is 0.659. The first-order valence-corrected chi connectivity index (χ1v) is 9.86. The summed E-state index contributed by atoms with van der Waals surface area (Å²) in [6.07, 6.45) is -1.68. The third-order valence-electron chi connectivity index (χ3n) is 4.15. The highest BCUT2D eigenvalue weighted by Crippen LogP contribution is 2.37. The highest BCUT2D eigenvalue weighted by Gasteiger charge is 2.23. The zero-order valence-corrected chi connectivity index (χ0v) is 15.3. The number of H-pyrrole nitrogens is 1. The van der Waals surface area contributed by atoms with Crippen molar-refractivity contribution >= 4 is 15.6 Å². The van der Waals surface area contributed by atoms with Gasteiger partial charge in [0.1, 0.15) is 11.4 Å². The average molecular weight is 390 g/mol. The molecule has 0 atom stereocenters. The molecule has 0 spiro atoms. The molecule has 0 radical (unpaired) electrons.